The van der Waals surface area contributed by atoms with Gasteiger partial charge >= 0.3 is 0 Å². The molecule has 1 aliphatic rings. The Balaban J connectivity index is 2.28. The van der Waals surface area contributed by atoms with Crippen LogP contribution in [0.5, 0.6) is 0 Å². The molecule has 19 heavy (non-hydrogen) atoms. The van der Waals surface area contributed by atoms with Crippen LogP contribution in [0, 0.1) is 13.8 Å². The van der Waals surface area contributed by atoms with Crippen molar-refractivity contribution in [2.75, 3.05) is 20.1 Å². The van der Waals surface area contributed by atoms with Crippen molar-refractivity contribution in [1.82, 2.24) is 10.2 Å². The molecule has 1 saturated heterocycles. The van der Waals surface area contributed by atoms with E-state index in [1.54, 1.807) is 0 Å². The Labute approximate surface area is 116 Å². The lowest BCUT2D eigenvalue weighted by Gasteiger charge is -2.35. The van der Waals surface area contributed by atoms with E-state index in [9.17, 15) is 4.79 Å². The third-order valence-corrected chi connectivity index (χ3v) is 4.16. The van der Waals surface area contributed by atoms with Gasteiger partial charge in [-0.15, -0.1) is 0 Å². The molecule has 0 aliphatic carbocycles. The van der Waals surface area contributed by atoms with Gasteiger partial charge in [0, 0.05) is 18.7 Å². The van der Waals surface area contributed by atoms with Crippen molar-refractivity contribution in [2.45, 2.75) is 39.2 Å². The van der Waals surface area contributed by atoms with Crippen LogP contribution >= 0.6 is 0 Å². The number of nitrogens with one attached hydrogen (secondary N) is 1. The molecule has 0 saturated carbocycles. The van der Waals surface area contributed by atoms with Gasteiger partial charge in [-0.2, -0.15) is 0 Å². The fourth-order valence-electron chi connectivity index (χ4n) is 3.13. The molecule has 1 unspecified atom stereocenters. The molecule has 2 rings (SSSR count). The van der Waals surface area contributed by atoms with Crippen LogP contribution in [0.1, 0.15) is 41.3 Å². The van der Waals surface area contributed by atoms with Crippen LogP contribution in [-0.4, -0.2) is 36.5 Å². The molecule has 0 spiro atoms. The molecular formula is C16H24N2O. The summed E-state index contributed by atoms with van der Waals surface area (Å²) in [4.78, 5) is 14.8. The van der Waals surface area contributed by atoms with Crippen LogP contribution in [0.2, 0.25) is 0 Å². The summed E-state index contributed by atoms with van der Waals surface area (Å²) in [5.41, 5.74) is 3.07. The van der Waals surface area contributed by atoms with Gasteiger partial charge in [0.05, 0.1) is 5.54 Å². The average molecular weight is 260 g/mol. The predicted molar refractivity (Wildman–Crippen MR) is 78.5 cm³/mol. The first kappa shape index (κ1) is 14.1. The number of hydrogen-bond donors (Lipinski definition) is 1. The maximum absolute atomic E-state index is 12.8. The zero-order valence-corrected chi connectivity index (χ0v) is 12.4. The van der Waals surface area contributed by atoms with Gasteiger partial charge < -0.3 is 10.2 Å². The molecule has 3 heteroatoms. The minimum Gasteiger partial charge on any atom is -0.332 e. The summed E-state index contributed by atoms with van der Waals surface area (Å²) in [6, 6.07) is 6.07. The number of hydrogen-bond acceptors (Lipinski definition) is 2. The maximum Gasteiger partial charge on any atom is 0.254 e. The lowest BCUT2D eigenvalue weighted by Crippen LogP contribution is -2.50. The summed E-state index contributed by atoms with van der Waals surface area (Å²) < 4.78 is 0. The molecule has 1 N–H and O–H groups in total. The topological polar surface area (TPSA) is 32.3 Å². The first-order valence-electron chi connectivity index (χ1n) is 7.02. The van der Waals surface area contributed by atoms with Gasteiger partial charge in [0.15, 0.2) is 0 Å². The van der Waals surface area contributed by atoms with E-state index in [-0.39, 0.29) is 11.4 Å². The van der Waals surface area contributed by atoms with Crippen LogP contribution in [0.3, 0.4) is 0 Å². The molecule has 104 valence electrons. The number of likely N-dealkylation sites (N-methyl/N-ethyl adjacent to an activating group) is 1. The standard InChI is InChI=1S/C16H24N2O/c1-12-6-7-14(13(2)10-12)15(19)18-9-5-8-16(18,3)11-17-4/h6-7,10,17H,5,8-9,11H2,1-4H3. The summed E-state index contributed by atoms with van der Waals surface area (Å²) in [5.74, 6) is 0.174. The molecule has 1 aromatic carbocycles. The summed E-state index contributed by atoms with van der Waals surface area (Å²) in [6.45, 7) is 7.97. The van der Waals surface area contributed by atoms with E-state index in [2.05, 4.69) is 25.2 Å². The molecule has 1 aromatic rings. The Bertz CT molecular complexity index is 484. The second-order valence-corrected chi connectivity index (χ2v) is 5.91. The number of rotatable bonds is 3. The summed E-state index contributed by atoms with van der Waals surface area (Å²) >= 11 is 0. The second-order valence-electron chi connectivity index (χ2n) is 5.91. The van der Waals surface area contributed by atoms with Gasteiger partial charge in [0.25, 0.3) is 5.91 Å². The number of carbonyl (C=O) groups is 1. The minimum atomic E-state index is -0.0524. The fraction of sp³-hybridized carbons (Fsp3) is 0.562. The van der Waals surface area contributed by atoms with Crippen LogP contribution in [0.4, 0.5) is 0 Å². The highest BCUT2D eigenvalue weighted by atomic mass is 16.2. The minimum absolute atomic E-state index is 0.0524. The number of benzene rings is 1. The average Bonchev–Trinajstić information content (AvgIpc) is 2.70. The van der Waals surface area contributed by atoms with E-state index in [1.807, 2.05) is 31.0 Å². The smallest absolute Gasteiger partial charge is 0.254 e. The Morgan fingerprint density at radius 3 is 2.79 bits per heavy atom. The summed E-state index contributed by atoms with van der Waals surface area (Å²) in [7, 11) is 1.95. The molecule has 1 amide bonds. The van der Waals surface area contributed by atoms with Gasteiger partial charge in [0.2, 0.25) is 0 Å². The quantitative estimate of drug-likeness (QED) is 0.905. The van der Waals surface area contributed by atoms with Crippen molar-refractivity contribution in [1.29, 1.82) is 0 Å². The monoisotopic (exact) mass is 260 g/mol. The van der Waals surface area contributed by atoms with Crippen molar-refractivity contribution in [3.8, 4) is 0 Å². The zero-order valence-electron chi connectivity index (χ0n) is 12.4. The van der Waals surface area contributed by atoms with Crippen molar-refractivity contribution < 1.29 is 4.79 Å². The van der Waals surface area contributed by atoms with Crippen molar-refractivity contribution in [3.05, 3.63) is 34.9 Å². The Kier molecular flexibility index (Phi) is 3.95. The molecule has 1 heterocycles. The maximum atomic E-state index is 12.8. The number of carbonyl (C=O) groups excluding carboxylic acids is 1. The zero-order chi connectivity index (χ0) is 14.0. The lowest BCUT2D eigenvalue weighted by atomic mass is 9.97. The van der Waals surface area contributed by atoms with Crippen molar-refractivity contribution in [2.24, 2.45) is 0 Å². The van der Waals surface area contributed by atoms with E-state index < -0.39 is 0 Å². The Hall–Kier alpha value is -1.35. The second kappa shape index (κ2) is 5.33. The lowest BCUT2D eigenvalue weighted by molar-refractivity contribution is 0.0625. The van der Waals surface area contributed by atoms with E-state index >= 15 is 0 Å². The van der Waals surface area contributed by atoms with Gasteiger partial charge in [-0.05, 0) is 52.3 Å². The molecular weight excluding hydrogens is 236 g/mol. The fourth-order valence-corrected chi connectivity index (χ4v) is 3.13. The third kappa shape index (κ3) is 2.66. The first-order valence-corrected chi connectivity index (χ1v) is 7.02. The van der Waals surface area contributed by atoms with E-state index in [1.165, 1.54) is 5.56 Å². The number of likely N-dealkylation sites (tertiary alicyclic amines) is 1. The van der Waals surface area contributed by atoms with Crippen LogP contribution in [-0.2, 0) is 0 Å². The van der Waals surface area contributed by atoms with E-state index in [4.69, 9.17) is 0 Å². The van der Waals surface area contributed by atoms with E-state index in [0.29, 0.717) is 0 Å². The SMILES string of the molecule is CNCC1(C)CCCN1C(=O)c1ccc(C)cc1C. The van der Waals surface area contributed by atoms with Crippen LogP contribution in [0.15, 0.2) is 18.2 Å². The Morgan fingerprint density at radius 2 is 2.16 bits per heavy atom. The molecule has 0 radical (unpaired) electrons. The van der Waals surface area contributed by atoms with Crippen molar-refractivity contribution >= 4 is 5.91 Å². The largest absolute Gasteiger partial charge is 0.332 e. The van der Waals surface area contributed by atoms with Crippen LogP contribution < -0.4 is 5.32 Å². The van der Waals surface area contributed by atoms with Gasteiger partial charge in [-0.3, -0.25) is 4.79 Å². The van der Waals surface area contributed by atoms with Gasteiger partial charge in [-0.25, -0.2) is 0 Å². The number of nitrogens with zero attached hydrogens (tertiary/aromatic N) is 1. The summed E-state index contributed by atoms with van der Waals surface area (Å²) in [5, 5.41) is 3.22. The first-order chi connectivity index (χ1) is 8.98. The Morgan fingerprint density at radius 1 is 1.42 bits per heavy atom. The molecule has 0 aromatic heterocycles. The van der Waals surface area contributed by atoms with E-state index in [0.717, 1.165) is 37.1 Å². The predicted octanol–water partition coefficient (Wildman–Crippen LogP) is 2.52. The highest BCUT2D eigenvalue weighted by Crippen LogP contribution is 2.30. The highest BCUT2D eigenvalue weighted by Gasteiger charge is 2.39. The van der Waals surface area contributed by atoms with Gasteiger partial charge in [-0.1, -0.05) is 17.7 Å². The van der Waals surface area contributed by atoms with Gasteiger partial charge in [0.1, 0.15) is 0 Å². The number of amides is 1. The summed E-state index contributed by atoms with van der Waals surface area (Å²) in [6.07, 6.45) is 2.17. The molecule has 3 nitrogen and oxygen atoms in total. The van der Waals surface area contributed by atoms with Crippen molar-refractivity contribution in [3.63, 3.8) is 0 Å². The molecule has 1 aliphatic heterocycles. The normalized spacial score (nSPS) is 22.8. The molecule has 1 atom stereocenters. The molecule has 1 fully saturated rings. The highest BCUT2D eigenvalue weighted by molar-refractivity contribution is 5.96. The number of aryl methyl sites for hydroxylation is 2. The molecule has 0 bridgehead atoms. The van der Waals surface area contributed by atoms with Crippen LogP contribution in [0.25, 0.3) is 0 Å². The third-order valence-electron chi connectivity index (χ3n) is 4.16.